The number of nitrogens with zero attached hydrogens (tertiary/aromatic N) is 1. The molecule has 1 atom stereocenters. The Morgan fingerprint density at radius 2 is 2.18 bits per heavy atom. The minimum Gasteiger partial charge on any atom is -0.462 e. The maximum atomic E-state index is 12.3. The Hall–Kier alpha value is -2.30. The number of aromatic amines is 1. The second-order valence-corrected chi connectivity index (χ2v) is 6.19. The maximum absolute atomic E-state index is 12.3. The minimum atomic E-state index is -0.328. The monoisotopic (exact) mass is 298 g/mol. The molecule has 4 rings (SSSR count). The lowest BCUT2D eigenvalue weighted by atomic mass is 10.1. The number of aromatic nitrogens is 1. The highest BCUT2D eigenvalue weighted by Crippen LogP contribution is 2.32. The van der Waals surface area contributed by atoms with Crippen LogP contribution in [0.5, 0.6) is 0 Å². The second-order valence-electron chi connectivity index (χ2n) is 6.19. The second kappa shape index (κ2) is 5.16. The number of hydrogen-bond acceptors (Lipinski definition) is 3. The van der Waals surface area contributed by atoms with Crippen molar-refractivity contribution in [1.82, 2.24) is 9.88 Å². The van der Waals surface area contributed by atoms with Crippen LogP contribution >= 0.6 is 0 Å². The number of nitrogens with one attached hydrogen (secondary N) is 1. The summed E-state index contributed by atoms with van der Waals surface area (Å²) in [5.74, 6) is 0.000263. The average Bonchev–Trinajstić information content (AvgIpc) is 3.12. The number of ether oxygens (including phenoxy) is 1. The van der Waals surface area contributed by atoms with Crippen molar-refractivity contribution in [3.63, 3.8) is 0 Å². The van der Waals surface area contributed by atoms with E-state index in [4.69, 9.17) is 4.74 Å². The van der Waals surface area contributed by atoms with Gasteiger partial charge in [-0.1, -0.05) is 12.1 Å². The Bertz CT molecular complexity index is 732. The van der Waals surface area contributed by atoms with Gasteiger partial charge in [0.05, 0.1) is 17.7 Å². The fourth-order valence-corrected chi connectivity index (χ4v) is 3.19. The Morgan fingerprint density at radius 3 is 3.00 bits per heavy atom. The third-order valence-electron chi connectivity index (χ3n) is 4.48. The van der Waals surface area contributed by atoms with Crippen molar-refractivity contribution in [3.05, 3.63) is 36.0 Å². The van der Waals surface area contributed by atoms with Gasteiger partial charge in [0.15, 0.2) is 0 Å². The number of fused-ring (bicyclic) bond motifs is 1. The van der Waals surface area contributed by atoms with Gasteiger partial charge in [0.1, 0.15) is 0 Å². The first kappa shape index (κ1) is 13.4. The first-order valence-corrected chi connectivity index (χ1v) is 7.75. The van der Waals surface area contributed by atoms with E-state index in [1.165, 1.54) is 0 Å². The van der Waals surface area contributed by atoms with Gasteiger partial charge < -0.3 is 14.6 Å². The normalized spacial score (nSPS) is 21.5. The van der Waals surface area contributed by atoms with Crippen molar-refractivity contribution in [2.75, 3.05) is 13.2 Å². The molecule has 2 aliphatic rings. The molecule has 1 aromatic heterocycles. The van der Waals surface area contributed by atoms with E-state index in [0.717, 1.165) is 30.3 Å². The summed E-state index contributed by atoms with van der Waals surface area (Å²) in [6.07, 6.45) is 4.54. The lowest BCUT2D eigenvalue weighted by molar-refractivity contribution is -0.128. The molecule has 5 heteroatoms. The van der Waals surface area contributed by atoms with E-state index < -0.39 is 0 Å². The number of amides is 1. The fraction of sp³-hybridized carbons (Fsp3) is 0.412. The van der Waals surface area contributed by atoms with Crippen LogP contribution in [0.1, 0.15) is 29.6 Å². The van der Waals surface area contributed by atoms with Gasteiger partial charge in [-0.2, -0.15) is 0 Å². The highest BCUT2D eigenvalue weighted by atomic mass is 16.5. The Kier molecular flexibility index (Phi) is 3.13. The van der Waals surface area contributed by atoms with Crippen LogP contribution in [0.3, 0.4) is 0 Å². The predicted octanol–water partition coefficient (Wildman–Crippen LogP) is 2.34. The number of H-pyrrole nitrogens is 1. The fourth-order valence-electron chi connectivity index (χ4n) is 3.19. The molecule has 0 bridgehead atoms. The topological polar surface area (TPSA) is 62.4 Å². The predicted molar refractivity (Wildman–Crippen MR) is 81.4 cm³/mol. The first-order chi connectivity index (χ1) is 10.7. The summed E-state index contributed by atoms with van der Waals surface area (Å²) in [6.45, 7) is 1.04. The molecule has 0 unspecified atom stereocenters. The number of para-hydroxylation sites is 1. The Balaban J connectivity index is 1.40. The van der Waals surface area contributed by atoms with Crippen molar-refractivity contribution in [1.29, 1.82) is 0 Å². The molecule has 1 amide bonds. The van der Waals surface area contributed by atoms with Crippen LogP contribution in [0.2, 0.25) is 0 Å². The highest BCUT2D eigenvalue weighted by Gasteiger charge is 2.39. The number of carbonyl (C=O) groups is 2. The van der Waals surface area contributed by atoms with Crippen LogP contribution in [-0.2, 0) is 9.53 Å². The third kappa shape index (κ3) is 2.36. The van der Waals surface area contributed by atoms with Crippen LogP contribution in [0.4, 0.5) is 0 Å². The average molecular weight is 298 g/mol. The molecule has 22 heavy (non-hydrogen) atoms. The van der Waals surface area contributed by atoms with Gasteiger partial charge in [-0.15, -0.1) is 0 Å². The third-order valence-corrected chi connectivity index (χ3v) is 4.48. The van der Waals surface area contributed by atoms with E-state index in [-0.39, 0.29) is 17.8 Å². The number of esters is 1. The van der Waals surface area contributed by atoms with Crippen LogP contribution in [0.15, 0.2) is 30.5 Å². The largest absolute Gasteiger partial charge is 0.462 e. The summed E-state index contributed by atoms with van der Waals surface area (Å²) >= 11 is 0. The lowest BCUT2D eigenvalue weighted by Crippen LogP contribution is -2.27. The molecule has 1 aliphatic heterocycles. The number of benzene rings is 1. The molecule has 1 saturated carbocycles. The minimum absolute atomic E-state index is 0.125. The summed E-state index contributed by atoms with van der Waals surface area (Å²) in [5, 5.41) is 0.991. The molecule has 1 N–H and O–H groups in total. The van der Waals surface area contributed by atoms with E-state index >= 15 is 0 Å². The highest BCUT2D eigenvalue weighted by molar-refractivity contribution is 6.02. The molecule has 0 spiro atoms. The summed E-state index contributed by atoms with van der Waals surface area (Å²) in [5.41, 5.74) is 1.35. The molecule has 5 nitrogen and oxygen atoms in total. The van der Waals surface area contributed by atoms with Gasteiger partial charge in [-0.25, -0.2) is 4.79 Å². The van der Waals surface area contributed by atoms with Gasteiger partial charge >= 0.3 is 5.97 Å². The Labute approximate surface area is 128 Å². The zero-order valence-corrected chi connectivity index (χ0v) is 12.2. The summed E-state index contributed by atoms with van der Waals surface area (Å²) in [4.78, 5) is 29.2. The smallest absolute Gasteiger partial charge is 0.340 e. The quantitative estimate of drug-likeness (QED) is 0.881. The number of hydrogen-bond donors (Lipinski definition) is 1. The van der Waals surface area contributed by atoms with Crippen molar-refractivity contribution >= 4 is 22.8 Å². The van der Waals surface area contributed by atoms with E-state index in [2.05, 4.69) is 4.98 Å². The molecular weight excluding hydrogens is 280 g/mol. The van der Waals surface area contributed by atoms with Crippen molar-refractivity contribution in [2.24, 2.45) is 5.92 Å². The standard InChI is InChI=1S/C17H18N2O3/c20-15-8-11(9-19(15)13-4-5-13)10-22-17(21)14-3-1-2-12-6-7-18-16(12)14/h1-3,6-7,11,13,18H,4-5,8-10H2/t11-/m0/s1. The molecule has 0 radical (unpaired) electrons. The van der Waals surface area contributed by atoms with Crippen molar-refractivity contribution in [2.45, 2.75) is 25.3 Å². The number of carbonyl (C=O) groups excluding carboxylic acids is 2. The SMILES string of the molecule is O=C(OC[C@H]1CC(=O)N(C2CC2)C1)c1cccc2cc[nH]c12. The zero-order valence-electron chi connectivity index (χ0n) is 12.2. The van der Waals surface area contributed by atoms with Crippen LogP contribution < -0.4 is 0 Å². The molecule has 2 heterocycles. The Morgan fingerprint density at radius 1 is 1.32 bits per heavy atom. The molecule has 114 valence electrons. The van der Waals surface area contributed by atoms with E-state index in [1.54, 1.807) is 6.07 Å². The lowest BCUT2D eigenvalue weighted by Gasteiger charge is -2.15. The molecule has 2 fully saturated rings. The van der Waals surface area contributed by atoms with Crippen molar-refractivity contribution < 1.29 is 14.3 Å². The summed E-state index contributed by atoms with van der Waals surface area (Å²) in [6, 6.07) is 7.93. The van der Waals surface area contributed by atoms with Gasteiger partial charge in [0.2, 0.25) is 5.91 Å². The molecule has 1 saturated heterocycles. The van der Waals surface area contributed by atoms with Gasteiger partial charge in [-0.05, 0) is 25.0 Å². The van der Waals surface area contributed by atoms with Crippen molar-refractivity contribution in [3.8, 4) is 0 Å². The maximum Gasteiger partial charge on any atom is 0.340 e. The van der Waals surface area contributed by atoms with E-state index in [0.29, 0.717) is 24.6 Å². The van der Waals surface area contributed by atoms with Gasteiger partial charge in [-0.3, -0.25) is 4.79 Å². The molecule has 2 aromatic rings. The summed E-state index contributed by atoms with van der Waals surface area (Å²) in [7, 11) is 0. The first-order valence-electron chi connectivity index (χ1n) is 7.75. The molecular formula is C17H18N2O3. The van der Waals surface area contributed by atoms with E-state index in [9.17, 15) is 9.59 Å². The zero-order chi connectivity index (χ0) is 15.1. The summed E-state index contributed by atoms with van der Waals surface area (Å²) < 4.78 is 5.45. The number of likely N-dealkylation sites (tertiary alicyclic amines) is 1. The molecule has 1 aliphatic carbocycles. The number of rotatable bonds is 4. The van der Waals surface area contributed by atoms with Crippen LogP contribution in [0, 0.1) is 5.92 Å². The molecule has 1 aromatic carbocycles. The van der Waals surface area contributed by atoms with Crippen LogP contribution in [-0.4, -0.2) is 41.0 Å². The van der Waals surface area contributed by atoms with E-state index in [1.807, 2.05) is 29.3 Å². The van der Waals surface area contributed by atoms with Gasteiger partial charge in [0.25, 0.3) is 0 Å². The van der Waals surface area contributed by atoms with Crippen LogP contribution in [0.25, 0.3) is 10.9 Å². The van der Waals surface area contributed by atoms with Gasteiger partial charge in [0, 0.05) is 36.5 Å².